The summed E-state index contributed by atoms with van der Waals surface area (Å²) in [6, 6.07) is 2.31. The van der Waals surface area contributed by atoms with Crippen molar-refractivity contribution in [3.8, 4) is 6.07 Å². The van der Waals surface area contributed by atoms with E-state index >= 15 is 0 Å². The first-order chi connectivity index (χ1) is 7.12. The van der Waals surface area contributed by atoms with Crippen LogP contribution in [-0.4, -0.2) is 16.5 Å². The summed E-state index contributed by atoms with van der Waals surface area (Å²) in [7, 11) is 0. The van der Waals surface area contributed by atoms with Gasteiger partial charge in [-0.1, -0.05) is 20.3 Å². The molecule has 3 heteroatoms. The van der Waals surface area contributed by atoms with Crippen molar-refractivity contribution in [2.24, 2.45) is 11.7 Å². The van der Waals surface area contributed by atoms with Crippen molar-refractivity contribution >= 4 is 11.8 Å². The van der Waals surface area contributed by atoms with E-state index in [1.165, 1.54) is 6.42 Å². The summed E-state index contributed by atoms with van der Waals surface area (Å²) < 4.78 is 0. The van der Waals surface area contributed by atoms with Crippen LogP contribution in [0.3, 0.4) is 0 Å². The molecule has 0 bridgehead atoms. The number of nitrogens with zero attached hydrogens (tertiary/aromatic N) is 1. The zero-order chi connectivity index (χ0) is 11.3. The number of nitrogens with two attached hydrogens (primary N) is 1. The highest BCUT2D eigenvalue weighted by atomic mass is 32.2. The quantitative estimate of drug-likeness (QED) is 0.784. The highest BCUT2D eigenvalue weighted by Gasteiger charge is 2.39. The molecule has 1 aliphatic rings. The van der Waals surface area contributed by atoms with Crippen LogP contribution in [0.2, 0.25) is 0 Å². The Morgan fingerprint density at radius 3 is 3.00 bits per heavy atom. The van der Waals surface area contributed by atoms with Crippen LogP contribution in [0.1, 0.15) is 46.0 Å². The Kier molecular flexibility index (Phi) is 4.95. The van der Waals surface area contributed by atoms with Crippen molar-refractivity contribution < 1.29 is 0 Å². The average Bonchev–Trinajstić information content (AvgIpc) is 2.61. The molecular formula is C12H22N2S. The van der Waals surface area contributed by atoms with Gasteiger partial charge >= 0.3 is 0 Å². The lowest BCUT2D eigenvalue weighted by Crippen LogP contribution is -2.41. The van der Waals surface area contributed by atoms with Gasteiger partial charge in [0, 0.05) is 5.25 Å². The number of hydrogen-bond donors (Lipinski definition) is 1. The lowest BCUT2D eigenvalue weighted by Gasteiger charge is -2.24. The van der Waals surface area contributed by atoms with Crippen LogP contribution in [-0.2, 0) is 0 Å². The second-order valence-corrected chi connectivity index (χ2v) is 6.17. The van der Waals surface area contributed by atoms with E-state index in [9.17, 15) is 0 Å². The summed E-state index contributed by atoms with van der Waals surface area (Å²) in [6.07, 6.45) is 5.50. The molecule has 1 aliphatic carbocycles. The monoisotopic (exact) mass is 226 g/mol. The van der Waals surface area contributed by atoms with Crippen molar-refractivity contribution in [1.82, 2.24) is 0 Å². The highest BCUT2D eigenvalue weighted by molar-refractivity contribution is 7.99. The topological polar surface area (TPSA) is 49.8 Å². The molecule has 2 N–H and O–H groups in total. The van der Waals surface area contributed by atoms with Gasteiger partial charge in [-0.25, -0.2) is 0 Å². The minimum absolute atomic E-state index is 0.430. The average molecular weight is 226 g/mol. The van der Waals surface area contributed by atoms with Gasteiger partial charge in [-0.05, 0) is 37.4 Å². The van der Waals surface area contributed by atoms with E-state index in [1.807, 2.05) is 11.8 Å². The first kappa shape index (κ1) is 12.9. The minimum Gasteiger partial charge on any atom is -0.313 e. The van der Waals surface area contributed by atoms with E-state index in [1.54, 1.807) is 0 Å². The number of nitriles is 1. The molecule has 2 nitrogen and oxygen atoms in total. The molecule has 0 radical (unpaired) electrons. The zero-order valence-corrected chi connectivity index (χ0v) is 10.6. The van der Waals surface area contributed by atoms with E-state index in [2.05, 4.69) is 19.9 Å². The van der Waals surface area contributed by atoms with Crippen molar-refractivity contribution in [2.75, 3.05) is 5.75 Å². The molecule has 3 atom stereocenters. The minimum atomic E-state index is -0.518. The van der Waals surface area contributed by atoms with E-state index in [-0.39, 0.29) is 0 Å². The third-order valence-corrected chi connectivity index (χ3v) is 4.90. The molecule has 0 amide bonds. The Hall–Kier alpha value is -0.200. The SMILES string of the molecule is CCC(C)SCCC1CCCC1(N)C#N. The van der Waals surface area contributed by atoms with E-state index < -0.39 is 5.54 Å². The maximum atomic E-state index is 9.07. The van der Waals surface area contributed by atoms with E-state index in [0.29, 0.717) is 5.92 Å². The van der Waals surface area contributed by atoms with Crippen molar-refractivity contribution in [2.45, 2.75) is 56.7 Å². The lowest BCUT2D eigenvalue weighted by molar-refractivity contribution is 0.389. The third-order valence-electron chi connectivity index (χ3n) is 3.52. The molecule has 0 aromatic heterocycles. The molecule has 86 valence electrons. The van der Waals surface area contributed by atoms with Crippen LogP contribution in [0.25, 0.3) is 0 Å². The van der Waals surface area contributed by atoms with Gasteiger partial charge in [0.1, 0.15) is 5.54 Å². The predicted molar refractivity (Wildman–Crippen MR) is 66.7 cm³/mol. The van der Waals surface area contributed by atoms with Crippen LogP contribution in [0.4, 0.5) is 0 Å². The smallest absolute Gasteiger partial charge is 0.107 e. The summed E-state index contributed by atoms with van der Waals surface area (Å²) in [4.78, 5) is 0. The predicted octanol–water partition coefficient (Wildman–Crippen LogP) is 2.93. The Labute approximate surface area is 97.6 Å². The molecule has 1 fully saturated rings. The van der Waals surface area contributed by atoms with Crippen LogP contribution >= 0.6 is 11.8 Å². The Balaban J connectivity index is 2.30. The third kappa shape index (κ3) is 3.39. The maximum Gasteiger partial charge on any atom is 0.107 e. The first-order valence-corrected chi connectivity index (χ1v) is 6.99. The molecular weight excluding hydrogens is 204 g/mol. The molecule has 0 saturated heterocycles. The largest absolute Gasteiger partial charge is 0.313 e. The Morgan fingerprint density at radius 2 is 2.40 bits per heavy atom. The summed E-state index contributed by atoms with van der Waals surface area (Å²) in [6.45, 7) is 4.48. The zero-order valence-electron chi connectivity index (χ0n) is 9.83. The van der Waals surface area contributed by atoms with Crippen molar-refractivity contribution in [1.29, 1.82) is 5.26 Å². The second-order valence-electron chi connectivity index (χ2n) is 4.62. The normalized spacial score (nSPS) is 32.5. The van der Waals surface area contributed by atoms with Crippen LogP contribution in [0, 0.1) is 17.2 Å². The van der Waals surface area contributed by atoms with Gasteiger partial charge in [0.05, 0.1) is 6.07 Å². The van der Waals surface area contributed by atoms with E-state index in [4.69, 9.17) is 11.0 Å². The molecule has 15 heavy (non-hydrogen) atoms. The fourth-order valence-corrected chi connectivity index (χ4v) is 3.24. The van der Waals surface area contributed by atoms with Gasteiger partial charge in [0.25, 0.3) is 0 Å². The van der Waals surface area contributed by atoms with Gasteiger partial charge in [0.15, 0.2) is 0 Å². The maximum absolute atomic E-state index is 9.07. The fourth-order valence-electron chi connectivity index (χ4n) is 2.18. The first-order valence-electron chi connectivity index (χ1n) is 5.94. The lowest BCUT2D eigenvalue weighted by atomic mass is 9.88. The van der Waals surface area contributed by atoms with Crippen LogP contribution < -0.4 is 5.73 Å². The molecule has 1 rings (SSSR count). The number of hydrogen-bond acceptors (Lipinski definition) is 3. The molecule has 0 spiro atoms. The molecule has 0 aliphatic heterocycles. The second kappa shape index (κ2) is 5.77. The molecule has 0 aromatic carbocycles. The van der Waals surface area contributed by atoms with Gasteiger partial charge in [-0.3, -0.25) is 0 Å². The van der Waals surface area contributed by atoms with Gasteiger partial charge < -0.3 is 5.73 Å². The standard InChI is InChI=1S/C12H22N2S/c1-3-10(2)15-8-6-11-5-4-7-12(11,14)9-13/h10-11H,3-8,14H2,1-2H3. The van der Waals surface area contributed by atoms with Gasteiger partial charge in [0.2, 0.25) is 0 Å². The van der Waals surface area contributed by atoms with Crippen LogP contribution in [0.15, 0.2) is 0 Å². The van der Waals surface area contributed by atoms with Crippen LogP contribution in [0.5, 0.6) is 0 Å². The Bertz CT molecular complexity index is 236. The van der Waals surface area contributed by atoms with Crippen molar-refractivity contribution in [3.05, 3.63) is 0 Å². The van der Waals surface area contributed by atoms with Gasteiger partial charge in [-0.15, -0.1) is 0 Å². The summed E-state index contributed by atoms with van der Waals surface area (Å²) in [5, 5.41) is 9.81. The Morgan fingerprint density at radius 1 is 1.67 bits per heavy atom. The fraction of sp³-hybridized carbons (Fsp3) is 0.917. The molecule has 0 heterocycles. The van der Waals surface area contributed by atoms with E-state index in [0.717, 1.165) is 36.7 Å². The molecule has 0 aromatic rings. The number of thioether (sulfide) groups is 1. The summed E-state index contributed by atoms with van der Waals surface area (Å²) >= 11 is 2.01. The molecule has 3 unspecified atom stereocenters. The van der Waals surface area contributed by atoms with Gasteiger partial charge in [-0.2, -0.15) is 17.0 Å². The molecule has 1 saturated carbocycles. The summed E-state index contributed by atoms with van der Waals surface area (Å²) in [5.41, 5.74) is 5.56. The summed E-state index contributed by atoms with van der Waals surface area (Å²) in [5.74, 6) is 1.58. The number of rotatable bonds is 5. The highest BCUT2D eigenvalue weighted by Crippen LogP contribution is 2.36. The van der Waals surface area contributed by atoms with Crippen molar-refractivity contribution in [3.63, 3.8) is 0 Å².